The quantitative estimate of drug-likeness (QED) is 0.459. The Morgan fingerprint density at radius 1 is 1.29 bits per heavy atom. The summed E-state index contributed by atoms with van der Waals surface area (Å²) in [4.78, 5) is 11.3. The number of allylic oxidation sites excluding steroid dienone is 2. The first-order valence-corrected chi connectivity index (χ1v) is 5.79. The number of rotatable bonds is 1. The van der Waals surface area contributed by atoms with Crippen LogP contribution in [0.5, 0.6) is 0 Å². The molecule has 0 saturated heterocycles. The fraction of sp³-hybridized carbons (Fsp3) is 0.769. The van der Waals surface area contributed by atoms with Crippen molar-refractivity contribution in [3.63, 3.8) is 0 Å². The van der Waals surface area contributed by atoms with Crippen molar-refractivity contribution in [1.29, 1.82) is 0 Å². The van der Waals surface area contributed by atoms with Crippen molar-refractivity contribution in [2.75, 3.05) is 0 Å². The fourth-order valence-electron chi connectivity index (χ4n) is 3.26. The van der Waals surface area contributed by atoms with Crippen LogP contribution in [0.1, 0.15) is 52.4 Å². The zero-order chi connectivity index (χ0) is 10.2. The SMILES string of the molecule is CC1=C(C)CC2(C=O)CCCCC2C1. The van der Waals surface area contributed by atoms with E-state index in [1.165, 1.54) is 43.1 Å². The molecule has 1 heteroatoms. The van der Waals surface area contributed by atoms with Crippen LogP contribution in [0.25, 0.3) is 0 Å². The molecule has 0 aromatic heterocycles. The molecule has 14 heavy (non-hydrogen) atoms. The summed E-state index contributed by atoms with van der Waals surface area (Å²) in [6.07, 6.45) is 8.45. The highest BCUT2D eigenvalue weighted by Gasteiger charge is 2.42. The average Bonchev–Trinajstić information content (AvgIpc) is 2.20. The normalized spacial score (nSPS) is 38.0. The number of carbonyl (C=O) groups is 1. The van der Waals surface area contributed by atoms with Crippen molar-refractivity contribution >= 4 is 6.29 Å². The Labute approximate surface area is 86.6 Å². The van der Waals surface area contributed by atoms with Gasteiger partial charge in [0.2, 0.25) is 0 Å². The van der Waals surface area contributed by atoms with Gasteiger partial charge in [-0.2, -0.15) is 0 Å². The Bertz CT molecular complexity index is 277. The van der Waals surface area contributed by atoms with Gasteiger partial charge in [0.25, 0.3) is 0 Å². The molecule has 1 fully saturated rings. The first kappa shape index (κ1) is 9.95. The molecule has 0 spiro atoms. The zero-order valence-electron chi connectivity index (χ0n) is 9.31. The van der Waals surface area contributed by atoms with Crippen LogP contribution in [-0.4, -0.2) is 6.29 Å². The average molecular weight is 192 g/mol. The second-order valence-corrected chi connectivity index (χ2v) is 5.24. The van der Waals surface area contributed by atoms with E-state index in [-0.39, 0.29) is 5.41 Å². The molecule has 0 N–H and O–H groups in total. The van der Waals surface area contributed by atoms with Crippen LogP contribution in [0.3, 0.4) is 0 Å². The van der Waals surface area contributed by atoms with Crippen LogP contribution in [0.2, 0.25) is 0 Å². The van der Waals surface area contributed by atoms with Gasteiger partial charge in [-0.1, -0.05) is 24.0 Å². The summed E-state index contributed by atoms with van der Waals surface area (Å²) in [6, 6.07) is 0. The molecule has 2 unspecified atom stereocenters. The van der Waals surface area contributed by atoms with Gasteiger partial charge in [-0.3, -0.25) is 0 Å². The van der Waals surface area contributed by atoms with E-state index in [9.17, 15) is 4.79 Å². The summed E-state index contributed by atoms with van der Waals surface area (Å²) in [7, 11) is 0. The van der Waals surface area contributed by atoms with Crippen molar-refractivity contribution in [2.45, 2.75) is 52.4 Å². The maximum atomic E-state index is 11.3. The van der Waals surface area contributed by atoms with E-state index in [1.54, 1.807) is 0 Å². The van der Waals surface area contributed by atoms with Crippen molar-refractivity contribution in [1.82, 2.24) is 0 Å². The Morgan fingerprint density at radius 2 is 2.07 bits per heavy atom. The Morgan fingerprint density at radius 3 is 2.79 bits per heavy atom. The monoisotopic (exact) mass is 192 g/mol. The smallest absolute Gasteiger partial charge is 0.126 e. The van der Waals surface area contributed by atoms with E-state index >= 15 is 0 Å². The zero-order valence-corrected chi connectivity index (χ0v) is 9.31. The van der Waals surface area contributed by atoms with Gasteiger partial charge in [-0.25, -0.2) is 0 Å². The summed E-state index contributed by atoms with van der Waals surface area (Å²) < 4.78 is 0. The lowest BCUT2D eigenvalue weighted by atomic mass is 9.59. The number of aldehydes is 1. The molecular weight excluding hydrogens is 172 g/mol. The summed E-state index contributed by atoms with van der Waals surface area (Å²) in [5, 5.41) is 0. The third kappa shape index (κ3) is 1.43. The second-order valence-electron chi connectivity index (χ2n) is 5.24. The molecular formula is C13H20O. The van der Waals surface area contributed by atoms with Crippen LogP contribution < -0.4 is 0 Å². The van der Waals surface area contributed by atoms with Crippen LogP contribution >= 0.6 is 0 Å². The first-order valence-electron chi connectivity index (χ1n) is 5.79. The predicted octanol–water partition coefficient (Wildman–Crippen LogP) is 3.49. The largest absolute Gasteiger partial charge is 0.303 e. The summed E-state index contributed by atoms with van der Waals surface area (Å²) in [6.45, 7) is 4.43. The van der Waals surface area contributed by atoms with E-state index < -0.39 is 0 Å². The number of fused-ring (bicyclic) bond motifs is 1. The summed E-state index contributed by atoms with van der Waals surface area (Å²) >= 11 is 0. The van der Waals surface area contributed by atoms with Gasteiger partial charge in [0.15, 0.2) is 0 Å². The number of hydrogen-bond donors (Lipinski definition) is 0. The molecule has 0 amide bonds. The maximum absolute atomic E-state index is 11.3. The van der Waals surface area contributed by atoms with Crippen LogP contribution in [0.4, 0.5) is 0 Å². The summed E-state index contributed by atoms with van der Waals surface area (Å²) in [5.74, 6) is 0.650. The molecule has 1 nitrogen and oxygen atoms in total. The second kappa shape index (κ2) is 3.52. The fourth-order valence-corrected chi connectivity index (χ4v) is 3.26. The van der Waals surface area contributed by atoms with Crippen LogP contribution in [0, 0.1) is 11.3 Å². The molecule has 2 rings (SSSR count). The van der Waals surface area contributed by atoms with E-state index in [2.05, 4.69) is 13.8 Å². The van der Waals surface area contributed by atoms with Crippen molar-refractivity contribution in [3.8, 4) is 0 Å². The third-order valence-corrected chi connectivity index (χ3v) is 4.37. The molecule has 0 heterocycles. The minimum Gasteiger partial charge on any atom is -0.303 e. The van der Waals surface area contributed by atoms with Gasteiger partial charge < -0.3 is 4.79 Å². The van der Waals surface area contributed by atoms with E-state index in [1.807, 2.05) is 0 Å². The number of hydrogen-bond acceptors (Lipinski definition) is 1. The standard InChI is InChI=1S/C13H20O/c1-10-7-12-5-3-4-6-13(12,9-14)8-11(10)2/h9,12H,3-8H2,1-2H3. The molecule has 2 atom stereocenters. The lowest BCUT2D eigenvalue weighted by Gasteiger charge is -2.44. The molecule has 2 aliphatic carbocycles. The molecule has 0 aliphatic heterocycles. The first-order chi connectivity index (χ1) is 6.68. The van der Waals surface area contributed by atoms with Crippen LogP contribution in [-0.2, 0) is 4.79 Å². The molecule has 0 aromatic rings. The van der Waals surface area contributed by atoms with E-state index in [0.717, 1.165) is 12.8 Å². The van der Waals surface area contributed by atoms with Gasteiger partial charge in [-0.15, -0.1) is 0 Å². The van der Waals surface area contributed by atoms with E-state index in [4.69, 9.17) is 0 Å². The molecule has 0 aromatic carbocycles. The van der Waals surface area contributed by atoms with Gasteiger partial charge >= 0.3 is 0 Å². The van der Waals surface area contributed by atoms with Crippen molar-refractivity contribution < 1.29 is 4.79 Å². The molecule has 78 valence electrons. The minimum absolute atomic E-state index is 0.0296. The minimum atomic E-state index is 0.0296. The molecule has 2 aliphatic rings. The Kier molecular flexibility index (Phi) is 2.50. The molecule has 1 saturated carbocycles. The molecule has 0 radical (unpaired) electrons. The highest BCUT2D eigenvalue weighted by molar-refractivity contribution is 5.62. The lowest BCUT2D eigenvalue weighted by Crippen LogP contribution is -2.38. The Balaban J connectivity index is 2.30. The predicted molar refractivity (Wildman–Crippen MR) is 58.1 cm³/mol. The summed E-state index contributed by atoms with van der Waals surface area (Å²) in [5.41, 5.74) is 3.03. The number of carbonyl (C=O) groups excluding carboxylic acids is 1. The van der Waals surface area contributed by atoms with Crippen molar-refractivity contribution in [2.24, 2.45) is 11.3 Å². The van der Waals surface area contributed by atoms with Crippen molar-refractivity contribution in [3.05, 3.63) is 11.1 Å². The van der Waals surface area contributed by atoms with Gasteiger partial charge in [0.1, 0.15) is 6.29 Å². The van der Waals surface area contributed by atoms with Gasteiger partial charge in [0.05, 0.1) is 0 Å². The highest BCUT2D eigenvalue weighted by atomic mass is 16.1. The topological polar surface area (TPSA) is 17.1 Å². The van der Waals surface area contributed by atoms with Gasteiger partial charge in [-0.05, 0) is 45.4 Å². The van der Waals surface area contributed by atoms with E-state index in [0.29, 0.717) is 5.92 Å². The Hall–Kier alpha value is -0.590. The molecule has 0 bridgehead atoms. The van der Waals surface area contributed by atoms with Crippen LogP contribution in [0.15, 0.2) is 11.1 Å². The third-order valence-electron chi connectivity index (χ3n) is 4.37. The van der Waals surface area contributed by atoms with Gasteiger partial charge in [0, 0.05) is 5.41 Å². The lowest BCUT2D eigenvalue weighted by molar-refractivity contribution is -0.121. The maximum Gasteiger partial charge on any atom is 0.126 e. The highest BCUT2D eigenvalue weighted by Crippen LogP contribution is 2.50.